The average molecular weight is 345 g/mol. The topological polar surface area (TPSA) is 44.8 Å². The number of ether oxygens (including phenoxy) is 1. The van der Waals surface area contributed by atoms with Crippen molar-refractivity contribution >= 4 is 14.5 Å². The quantitative estimate of drug-likeness (QED) is 0.182. The van der Waals surface area contributed by atoms with E-state index < -0.39 is 8.56 Å². The second-order valence-corrected chi connectivity index (χ2v) is 10.0. The first-order valence-corrected chi connectivity index (χ1v) is 11.2. The first-order chi connectivity index (χ1) is 11.0. The number of rotatable bonds is 15. The van der Waals surface area contributed by atoms with E-state index in [9.17, 15) is 4.79 Å². The maximum atomic E-state index is 11.2. The van der Waals surface area contributed by atoms with E-state index in [1.807, 2.05) is 0 Å². The molecule has 0 N–H and O–H groups in total. The number of esters is 1. The van der Waals surface area contributed by atoms with Crippen molar-refractivity contribution in [3.63, 3.8) is 0 Å². The molecule has 0 radical (unpaired) electrons. The van der Waals surface area contributed by atoms with Crippen molar-refractivity contribution < 1.29 is 18.4 Å². The molecule has 0 spiro atoms. The smallest absolute Gasteiger partial charge is 0.337 e. The summed E-state index contributed by atoms with van der Waals surface area (Å²) in [4.78, 5) is 11.2. The molecule has 0 atom stereocenters. The number of unbranched alkanes of at least 4 members (excludes halogenated alkanes) is 7. The highest BCUT2D eigenvalue weighted by Crippen LogP contribution is 2.21. The molecule has 0 aromatic heterocycles. The van der Waals surface area contributed by atoms with E-state index >= 15 is 0 Å². The Morgan fingerprint density at radius 1 is 0.913 bits per heavy atom. The van der Waals surface area contributed by atoms with Gasteiger partial charge in [-0.1, -0.05) is 58.4 Å². The lowest BCUT2D eigenvalue weighted by Gasteiger charge is -2.25. The third-order valence-electron chi connectivity index (χ3n) is 4.32. The van der Waals surface area contributed by atoms with E-state index in [0.717, 1.165) is 24.9 Å². The zero-order valence-electron chi connectivity index (χ0n) is 15.6. The summed E-state index contributed by atoms with van der Waals surface area (Å²) in [5.74, 6) is -0.274. The van der Waals surface area contributed by atoms with Crippen molar-refractivity contribution in [2.24, 2.45) is 0 Å². The Morgan fingerprint density at radius 3 is 1.83 bits per heavy atom. The van der Waals surface area contributed by atoms with Gasteiger partial charge in [0.05, 0.1) is 6.61 Å². The molecule has 0 aromatic carbocycles. The highest BCUT2D eigenvalue weighted by atomic mass is 28.4. The molecule has 23 heavy (non-hydrogen) atoms. The van der Waals surface area contributed by atoms with Gasteiger partial charge in [0.25, 0.3) is 0 Å². The van der Waals surface area contributed by atoms with Crippen molar-refractivity contribution in [1.29, 1.82) is 0 Å². The van der Waals surface area contributed by atoms with Gasteiger partial charge >= 0.3 is 14.5 Å². The molecule has 4 nitrogen and oxygen atoms in total. The van der Waals surface area contributed by atoms with E-state index in [1.54, 1.807) is 21.1 Å². The molecular formula is C18H36O4Si. The van der Waals surface area contributed by atoms with Gasteiger partial charge in [-0.15, -0.1) is 0 Å². The number of carbonyl (C=O) groups excluding carboxylic acids is 1. The molecule has 5 heteroatoms. The third kappa shape index (κ3) is 10.7. The second kappa shape index (κ2) is 13.8. The fourth-order valence-corrected chi connectivity index (χ4v) is 4.89. The van der Waals surface area contributed by atoms with Crippen LogP contribution in [0.1, 0.15) is 65.2 Å². The van der Waals surface area contributed by atoms with E-state index in [2.05, 4.69) is 13.5 Å². The van der Waals surface area contributed by atoms with Crippen molar-refractivity contribution in [3.8, 4) is 0 Å². The second-order valence-electron chi connectivity index (χ2n) is 6.17. The Bertz CT molecular complexity index is 319. The average Bonchev–Trinajstić information content (AvgIpc) is 2.56. The Kier molecular flexibility index (Phi) is 13.4. The fourth-order valence-electron chi connectivity index (χ4n) is 2.60. The van der Waals surface area contributed by atoms with Crippen molar-refractivity contribution in [3.05, 3.63) is 12.2 Å². The van der Waals surface area contributed by atoms with Gasteiger partial charge in [-0.25, -0.2) is 4.79 Å². The molecule has 0 aliphatic heterocycles. The van der Waals surface area contributed by atoms with Crippen LogP contribution in [0.4, 0.5) is 0 Å². The molecule has 0 bridgehead atoms. The number of hydrogen-bond acceptors (Lipinski definition) is 4. The molecule has 0 saturated heterocycles. The van der Waals surface area contributed by atoms with Gasteiger partial charge in [0.1, 0.15) is 0 Å². The highest BCUT2D eigenvalue weighted by Gasteiger charge is 2.32. The lowest BCUT2D eigenvalue weighted by Crippen LogP contribution is -2.38. The van der Waals surface area contributed by atoms with Crippen LogP contribution in [0.3, 0.4) is 0 Å². The highest BCUT2D eigenvalue weighted by molar-refractivity contribution is 6.67. The molecule has 0 saturated carbocycles. The van der Waals surface area contributed by atoms with Crippen LogP contribution in [-0.2, 0) is 18.4 Å². The van der Waals surface area contributed by atoms with Crippen LogP contribution >= 0.6 is 0 Å². The van der Waals surface area contributed by atoms with Gasteiger partial charge in [-0.3, -0.25) is 0 Å². The fraction of sp³-hybridized carbons (Fsp3) is 0.833. The third-order valence-corrected chi connectivity index (χ3v) is 8.00. The largest absolute Gasteiger partial charge is 0.462 e. The molecule has 0 aliphatic rings. The van der Waals surface area contributed by atoms with E-state index in [1.165, 1.54) is 38.5 Å². The monoisotopic (exact) mass is 344 g/mol. The summed E-state index contributed by atoms with van der Waals surface area (Å²) in [5, 5.41) is 0. The summed E-state index contributed by atoms with van der Waals surface area (Å²) in [7, 11) is 1.70. The first-order valence-electron chi connectivity index (χ1n) is 8.94. The normalized spacial score (nSPS) is 11.5. The van der Waals surface area contributed by atoms with Gasteiger partial charge in [0.2, 0.25) is 0 Å². The van der Waals surface area contributed by atoms with Crippen LogP contribution < -0.4 is 0 Å². The first kappa shape index (κ1) is 22.3. The van der Waals surface area contributed by atoms with E-state index in [4.69, 9.17) is 13.6 Å². The maximum Gasteiger partial charge on any atom is 0.337 e. The molecule has 0 heterocycles. The summed E-state index contributed by atoms with van der Waals surface area (Å²) in [6.07, 6.45) is 9.59. The van der Waals surface area contributed by atoms with Crippen molar-refractivity contribution in [2.75, 3.05) is 20.8 Å². The van der Waals surface area contributed by atoms with E-state index in [-0.39, 0.29) is 5.97 Å². The predicted molar refractivity (Wildman–Crippen MR) is 97.8 cm³/mol. The number of carbonyl (C=O) groups is 1. The van der Waals surface area contributed by atoms with Crippen LogP contribution in [0, 0.1) is 0 Å². The minimum absolute atomic E-state index is 0.274. The SMILES string of the molecule is C=C(C)C(=O)OCCCCCCCCCC[Si](CC)(OC)OC. The van der Waals surface area contributed by atoms with Gasteiger partial charge in [0, 0.05) is 19.8 Å². The van der Waals surface area contributed by atoms with Gasteiger partial charge in [-0.2, -0.15) is 0 Å². The maximum absolute atomic E-state index is 11.2. The zero-order valence-corrected chi connectivity index (χ0v) is 16.6. The zero-order chi connectivity index (χ0) is 17.6. The summed E-state index contributed by atoms with van der Waals surface area (Å²) in [6.45, 7) is 7.91. The Balaban J connectivity index is 3.40. The summed E-state index contributed by atoms with van der Waals surface area (Å²) < 4.78 is 16.3. The Labute approximate surface area is 143 Å². The molecule has 0 unspecified atom stereocenters. The molecule has 0 amide bonds. The Hall–Kier alpha value is -0.653. The molecular weight excluding hydrogens is 308 g/mol. The lowest BCUT2D eigenvalue weighted by atomic mass is 10.1. The van der Waals surface area contributed by atoms with Crippen LogP contribution in [-0.4, -0.2) is 35.4 Å². The minimum Gasteiger partial charge on any atom is -0.462 e. The molecule has 136 valence electrons. The standard InChI is InChI=1S/C18H36O4Si/c1-6-23(20-4,21-5)16-14-12-10-8-7-9-11-13-15-22-18(19)17(2)3/h2,6-16H2,1,3-5H3. The van der Waals surface area contributed by atoms with Gasteiger partial charge < -0.3 is 13.6 Å². The number of hydrogen-bond donors (Lipinski definition) is 0. The Morgan fingerprint density at radius 2 is 1.39 bits per heavy atom. The molecule has 0 aromatic rings. The lowest BCUT2D eigenvalue weighted by molar-refractivity contribution is -0.139. The summed E-state index contributed by atoms with van der Waals surface area (Å²) in [5.41, 5.74) is 0.474. The predicted octanol–water partition coefficient (Wildman–Crippen LogP) is 4.98. The van der Waals surface area contributed by atoms with Crippen LogP contribution in [0.15, 0.2) is 12.2 Å². The van der Waals surface area contributed by atoms with Crippen LogP contribution in [0.2, 0.25) is 12.1 Å². The van der Waals surface area contributed by atoms with Crippen LogP contribution in [0.5, 0.6) is 0 Å². The van der Waals surface area contributed by atoms with E-state index in [0.29, 0.717) is 12.2 Å². The van der Waals surface area contributed by atoms with Crippen LogP contribution in [0.25, 0.3) is 0 Å². The molecule has 0 aliphatic carbocycles. The minimum atomic E-state index is -1.87. The molecule has 0 fully saturated rings. The molecule has 0 rings (SSSR count). The summed E-state index contributed by atoms with van der Waals surface area (Å²) in [6, 6.07) is 2.13. The van der Waals surface area contributed by atoms with Gasteiger partial charge in [0.15, 0.2) is 0 Å². The summed E-state index contributed by atoms with van der Waals surface area (Å²) >= 11 is 0. The van der Waals surface area contributed by atoms with Crippen molar-refractivity contribution in [2.45, 2.75) is 77.3 Å². The van der Waals surface area contributed by atoms with Gasteiger partial charge in [-0.05, 0) is 25.4 Å². The van der Waals surface area contributed by atoms with Crippen molar-refractivity contribution in [1.82, 2.24) is 0 Å².